The Morgan fingerprint density at radius 2 is 1.28 bits per heavy atom. The molecular weight excluding hydrogens is 344 g/mol. The molecule has 0 aliphatic rings. The van der Waals surface area contributed by atoms with Gasteiger partial charge in [-0.2, -0.15) is 0 Å². The summed E-state index contributed by atoms with van der Waals surface area (Å²) in [6.45, 7) is 10.4. The zero-order valence-corrected chi connectivity index (χ0v) is 17.5. The van der Waals surface area contributed by atoms with E-state index in [0.717, 1.165) is 0 Å². The average molecular weight is 379 g/mol. The highest BCUT2D eigenvalue weighted by atomic mass is 28.4. The molecule has 7 nitrogen and oxygen atoms in total. The van der Waals surface area contributed by atoms with Crippen LogP contribution >= 0.6 is 0 Å². The maximum atomic E-state index is 11.3. The molecule has 0 aromatic rings. The molecule has 0 aromatic heterocycles. The van der Waals surface area contributed by atoms with Crippen LogP contribution in [0.2, 0.25) is 18.1 Å². The van der Waals surface area contributed by atoms with Gasteiger partial charge in [0.15, 0.2) is 8.32 Å². The molecule has 0 aliphatic heterocycles. The lowest BCUT2D eigenvalue weighted by molar-refractivity contribution is -0.143. The molecule has 0 saturated carbocycles. The van der Waals surface area contributed by atoms with Crippen molar-refractivity contribution in [2.75, 3.05) is 14.2 Å². The van der Waals surface area contributed by atoms with Gasteiger partial charge in [-0.3, -0.25) is 9.59 Å². The van der Waals surface area contributed by atoms with Crippen LogP contribution in [0.25, 0.3) is 0 Å². The third-order valence-electron chi connectivity index (χ3n) is 4.60. The molecule has 0 saturated heterocycles. The molecule has 0 bridgehead atoms. The number of carbonyl (C=O) groups is 2. The molecule has 0 amide bonds. The van der Waals surface area contributed by atoms with Gasteiger partial charge in [0.2, 0.25) is 0 Å². The maximum Gasteiger partial charge on any atom is 0.308 e. The van der Waals surface area contributed by atoms with E-state index < -0.39 is 38.6 Å². The number of carbonyl (C=O) groups excluding carboxylic acids is 2. The highest BCUT2D eigenvalue weighted by Crippen LogP contribution is 2.38. The molecule has 0 rings (SSSR count). The zero-order chi connectivity index (χ0) is 19.8. The van der Waals surface area contributed by atoms with Gasteiger partial charge in [-0.05, 0) is 31.0 Å². The maximum absolute atomic E-state index is 11.3. The summed E-state index contributed by atoms with van der Waals surface area (Å²) in [5.74, 6) is -1.01. The first kappa shape index (κ1) is 24.0. The van der Waals surface area contributed by atoms with E-state index in [1.165, 1.54) is 14.2 Å². The predicted octanol–water partition coefficient (Wildman–Crippen LogP) is 2.00. The largest absolute Gasteiger partial charge is 0.469 e. The van der Waals surface area contributed by atoms with Gasteiger partial charge < -0.3 is 24.1 Å². The van der Waals surface area contributed by atoms with Crippen LogP contribution in [0.1, 0.15) is 46.5 Å². The van der Waals surface area contributed by atoms with Crippen LogP contribution < -0.4 is 0 Å². The number of hydrogen-bond acceptors (Lipinski definition) is 7. The average Bonchev–Trinajstić information content (AvgIpc) is 2.44. The number of rotatable bonds is 10. The van der Waals surface area contributed by atoms with E-state index in [1.807, 2.05) is 0 Å². The summed E-state index contributed by atoms with van der Waals surface area (Å²) in [5.41, 5.74) is 0. The van der Waals surface area contributed by atoms with Gasteiger partial charge >= 0.3 is 11.9 Å². The van der Waals surface area contributed by atoms with E-state index in [4.69, 9.17) is 4.43 Å². The minimum atomic E-state index is -2.15. The zero-order valence-electron chi connectivity index (χ0n) is 16.5. The number of hydrogen-bond donors (Lipinski definition) is 2. The third kappa shape index (κ3) is 9.34. The fourth-order valence-electron chi connectivity index (χ4n) is 2.11. The second kappa shape index (κ2) is 10.3. The highest BCUT2D eigenvalue weighted by Gasteiger charge is 2.40. The standard InChI is InChI=1S/C17H34O7Si/c1-17(2,3)25(6,7)24-14(8-12(18)10-15(20)22-4)9-13(19)11-16(21)23-5/h12-14,18-19H,8-11H2,1-7H3/t12-,13-/m0/s1. The molecule has 8 heteroatoms. The van der Waals surface area contributed by atoms with Gasteiger partial charge in [-0.1, -0.05) is 20.8 Å². The number of ether oxygens (including phenoxy) is 2. The lowest BCUT2D eigenvalue weighted by Crippen LogP contribution is -2.45. The van der Waals surface area contributed by atoms with Gasteiger partial charge in [0, 0.05) is 6.10 Å². The van der Waals surface area contributed by atoms with Gasteiger partial charge in [-0.15, -0.1) is 0 Å². The first-order valence-electron chi connectivity index (χ1n) is 8.50. The van der Waals surface area contributed by atoms with Crippen molar-refractivity contribution >= 4 is 20.3 Å². The van der Waals surface area contributed by atoms with E-state index in [1.54, 1.807) is 0 Å². The van der Waals surface area contributed by atoms with Gasteiger partial charge in [0.05, 0.1) is 39.3 Å². The van der Waals surface area contributed by atoms with Crippen LogP contribution in [-0.2, 0) is 23.5 Å². The molecule has 25 heavy (non-hydrogen) atoms. The van der Waals surface area contributed by atoms with Crippen LogP contribution in [-0.4, -0.2) is 63.0 Å². The second-order valence-corrected chi connectivity index (χ2v) is 12.6. The minimum Gasteiger partial charge on any atom is -0.469 e. The summed E-state index contributed by atoms with van der Waals surface area (Å²) in [4.78, 5) is 22.7. The lowest BCUT2D eigenvalue weighted by Gasteiger charge is -2.40. The Balaban J connectivity index is 5.04. The molecule has 0 aromatic carbocycles. The quantitative estimate of drug-likeness (QED) is 0.443. The number of esters is 2. The Morgan fingerprint density at radius 1 is 0.920 bits per heavy atom. The molecule has 2 N–H and O–H groups in total. The summed E-state index contributed by atoms with van der Waals surface area (Å²) in [6, 6.07) is 0. The molecule has 0 spiro atoms. The number of methoxy groups -OCH3 is 2. The van der Waals surface area contributed by atoms with Gasteiger partial charge in [-0.25, -0.2) is 0 Å². The molecule has 0 fully saturated rings. The van der Waals surface area contributed by atoms with Crippen molar-refractivity contribution in [3.8, 4) is 0 Å². The topological polar surface area (TPSA) is 102 Å². The molecule has 0 unspecified atom stereocenters. The van der Waals surface area contributed by atoms with Crippen molar-refractivity contribution in [2.24, 2.45) is 0 Å². The van der Waals surface area contributed by atoms with Crippen molar-refractivity contribution in [1.82, 2.24) is 0 Å². The Bertz CT molecular complexity index is 405. The molecule has 148 valence electrons. The first-order chi connectivity index (χ1) is 11.3. The van der Waals surface area contributed by atoms with Crippen LogP contribution in [0, 0.1) is 0 Å². The van der Waals surface area contributed by atoms with E-state index in [9.17, 15) is 19.8 Å². The summed E-state index contributed by atoms with van der Waals surface area (Å²) < 4.78 is 15.4. The summed E-state index contributed by atoms with van der Waals surface area (Å²) in [6.07, 6.45) is -2.26. The Labute approximate surface area is 151 Å². The van der Waals surface area contributed by atoms with E-state index >= 15 is 0 Å². The molecule has 2 atom stereocenters. The van der Waals surface area contributed by atoms with Crippen LogP contribution in [0.4, 0.5) is 0 Å². The normalized spacial score (nSPS) is 15.0. The molecule has 0 heterocycles. The van der Waals surface area contributed by atoms with Crippen molar-refractivity contribution in [3.63, 3.8) is 0 Å². The Kier molecular flexibility index (Phi) is 9.86. The van der Waals surface area contributed by atoms with Crippen molar-refractivity contribution in [2.45, 2.75) is 82.9 Å². The van der Waals surface area contributed by atoms with Crippen molar-refractivity contribution in [1.29, 1.82) is 0 Å². The summed E-state index contributed by atoms with van der Waals surface area (Å²) in [7, 11) is 0.373. The van der Waals surface area contributed by atoms with Crippen LogP contribution in [0.5, 0.6) is 0 Å². The third-order valence-corrected chi connectivity index (χ3v) is 9.13. The number of aliphatic hydroxyl groups excluding tert-OH is 2. The molecule has 0 radical (unpaired) electrons. The van der Waals surface area contributed by atoms with E-state index in [2.05, 4.69) is 43.3 Å². The van der Waals surface area contributed by atoms with Crippen LogP contribution in [0.3, 0.4) is 0 Å². The summed E-state index contributed by atoms with van der Waals surface area (Å²) in [5, 5.41) is 20.2. The summed E-state index contributed by atoms with van der Waals surface area (Å²) >= 11 is 0. The number of aliphatic hydroxyl groups is 2. The monoisotopic (exact) mass is 378 g/mol. The van der Waals surface area contributed by atoms with Crippen molar-refractivity contribution in [3.05, 3.63) is 0 Å². The van der Waals surface area contributed by atoms with E-state index in [-0.39, 0.29) is 30.7 Å². The van der Waals surface area contributed by atoms with Crippen molar-refractivity contribution < 1.29 is 33.7 Å². The lowest BCUT2D eigenvalue weighted by atomic mass is 10.0. The first-order valence-corrected chi connectivity index (χ1v) is 11.4. The predicted molar refractivity (Wildman–Crippen MR) is 96.6 cm³/mol. The van der Waals surface area contributed by atoms with E-state index in [0.29, 0.717) is 0 Å². The smallest absolute Gasteiger partial charge is 0.308 e. The van der Waals surface area contributed by atoms with Gasteiger partial charge in [0.1, 0.15) is 0 Å². The van der Waals surface area contributed by atoms with Crippen LogP contribution in [0.15, 0.2) is 0 Å². The molecular formula is C17H34O7Si. The minimum absolute atomic E-state index is 0.0497. The second-order valence-electron chi connectivity index (χ2n) is 7.84. The highest BCUT2D eigenvalue weighted by molar-refractivity contribution is 6.74. The fraction of sp³-hybridized carbons (Fsp3) is 0.882. The Hall–Kier alpha value is -0.963. The Morgan fingerprint density at radius 3 is 1.56 bits per heavy atom. The SMILES string of the molecule is COC(=O)C[C@@H](O)CC(C[C@H](O)CC(=O)OC)O[Si](C)(C)C(C)(C)C. The fourth-order valence-corrected chi connectivity index (χ4v) is 3.49. The van der Waals surface area contributed by atoms with Gasteiger partial charge in [0.25, 0.3) is 0 Å². The molecule has 0 aliphatic carbocycles.